The molecule has 0 saturated carbocycles. The van der Waals surface area contributed by atoms with E-state index in [1.807, 2.05) is 18.2 Å². The molecular formula is C13H21NO3. The van der Waals surface area contributed by atoms with Crippen molar-refractivity contribution < 1.29 is 14.6 Å². The fraction of sp³-hybridized carbons (Fsp3) is 0.538. The summed E-state index contributed by atoms with van der Waals surface area (Å²) in [6.07, 6.45) is 1.59. The van der Waals surface area contributed by atoms with Gasteiger partial charge in [-0.2, -0.15) is 0 Å². The topological polar surface area (TPSA) is 64.7 Å². The molecule has 0 aliphatic rings. The number of aliphatic hydroxyl groups is 1. The summed E-state index contributed by atoms with van der Waals surface area (Å²) in [5.41, 5.74) is 6.59. The van der Waals surface area contributed by atoms with Crippen LogP contribution in [0.5, 0.6) is 11.5 Å². The third-order valence-electron chi connectivity index (χ3n) is 2.29. The Kier molecular flexibility index (Phi) is 6.43. The summed E-state index contributed by atoms with van der Waals surface area (Å²) in [5, 5.41) is 8.71. The molecule has 0 radical (unpaired) electrons. The van der Waals surface area contributed by atoms with Gasteiger partial charge >= 0.3 is 0 Å². The van der Waals surface area contributed by atoms with Crippen LogP contribution >= 0.6 is 0 Å². The molecule has 1 rings (SSSR count). The Morgan fingerprint density at radius 2 is 2.06 bits per heavy atom. The number of nitrogens with two attached hydrogens (primary N) is 1. The standard InChI is InChI=1S/C13H21NO3/c1-2-7-16-12-5-4-11(10-14)13(9-12)17-8-3-6-15/h4-5,9,15H,2-3,6-8,10,14H2,1H3. The fourth-order valence-electron chi connectivity index (χ4n) is 1.39. The van der Waals surface area contributed by atoms with Crippen molar-refractivity contribution in [1.82, 2.24) is 0 Å². The minimum atomic E-state index is 0.129. The second kappa shape index (κ2) is 7.92. The fourth-order valence-corrected chi connectivity index (χ4v) is 1.39. The summed E-state index contributed by atoms with van der Waals surface area (Å²) in [7, 11) is 0. The number of hydrogen-bond donors (Lipinski definition) is 2. The van der Waals surface area contributed by atoms with Crippen LogP contribution in [0.15, 0.2) is 18.2 Å². The summed E-state index contributed by atoms with van der Waals surface area (Å²) < 4.78 is 11.1. The molecule has 96 valence electrons. The Hall–Kier alpha value is -1.26. The first-order valence-electron chi connectivity index (χ1n) is 6.01. The predicted molar refractivity (Wildman–Crippen MR) is 67.3 cm³/mol. The SMILES string of the molecule is CCCOc1ccc(CN)c(OCCCO)c1. The first-order chi connectivity index (χ1) is 8.31. The highest BCUT2D eigenvalue weighted by Crippen LogP contribution is 2.25. The van der Waals surface area contributed by atoms with Crippen LogP contribution in [-0.2, 0) is 6.54 Å². The molecule has 4 heteroatoms. The normalized spacial score (nSPS) is 10.3. The number of rotatable bonds is 8. The van der Waals surface area contributed by atoms with Gasteiger partial charge < -0.3 is 20.3 Å². The van der Waals surface area contributed by atoms with Crippen LogP contribution in [-0.4, -0.2) is 24.9 Å². The van der Waals surface area contributed by atoms with Gasteiger partial charge in [-0.05, 0) is 12.5 Å². The second-order valence-electron chi connectivity index (χ2n) is 3.75. The Morgan fingerprint density at radius 1 is 1.24 bits per heavy atom. The summed E-state index contributed by atoms with van der Waals surface area (Å²) in [6, 6.07) is 5.67. The van der Waals surface area contributed by atoms with Gasteiger partial charge in [0, 0.05) is 31.2 Å². The van der Waals surface area contributed by atoms with Gasteiger partial charge in [-0.3, -0.25) is 0 Å². The predicted octanol–water partition coefficient (Wildman–Crippen LogP) is 1.70. The van der Waals surface area contributed by atoms with Crippen LogP contribution in [0.4, 0.5) is 0 Å². The Bertz CT molecular complexity index is 328. The molecule has 4 nitrogen and oxygen atoms in total. The van der Waals surface area contributed by atoms with E-state index >= 15 is 0 Å². The summed E-state index contributed by atoms with van der Waals surface area (Å²) >= 11 is 0. The van der Waals surface area contributed by atoms with Crippen molar-refractivity contribution in [3.63, 3.8) is 0 Å². The molecule has 0 spiro atoms. The molecule has 0 fully saturated rings. The van der Waals surface area contributed by atoms with Gasteiger partial charge in [0.05, 0.1) is 13.2 Å². The molecule has 1 aromatic carbocycles. The number of benzene rings is 1. The first-order valence-corrected chi connectivity index (χ1v) is 6.01. The monoisotopic (exact) mass is 239 g/mol. The maximum Gasteiger partial charge on any atom is 0.127 e. The maximum atomic E-state index is 8.71. The van der Waals surface area contributed by atoms with Crippen molar-refractivity contribution in [2.75, 3.05) is 19.8 Å². The lowest BCUT2D eigenvalue weighted by atomic mass is 10.2. The summed E-state index contributed by atoms with van der Waals surface area (Å²) in [4.78, 5) is 0. The lowest BCUT2D eigenvalue weighted by molar-refractivity contribution is 0.231. The highest BCUT2D eigenvalue weighted by atomic mass is 16.5. The van der Waals surface area contributed by atoms with Crippen LogP contribution in [0.3, 0.4) is 0 Å². The Balaban J connectivity index is 2.68. The highest BCUT2D eigenvalue weighted by molar-refractivity contribution is 5.40. The Morgan fingerprint density at radius 3 is 2.71 bits per heavy atom. The molecule has 17 heavy (non-hydrogen) atoms. The van der Waals surface area contributed by atoms with Crippen LogP contribution in [0.1, 0.15) is 25.3 Å². The van der Waals surface area contributed by atoms with E-state index in [0.717, 1.165) is 23.5 Å². The average molecular weight is 239 g/mol. The van der Waals surface area contributed by atoms with Crippen molar-refractivity contribution in [3.8, 4) is 11.5 Å². The lowest BCUT2D eigenvalue weighted by Crippen LogP contribution is -2.05. The van der Waals surface area contributed by atoms with Crippen molar-refractivity contribution in [1.29, 1.82) is 0 Å². The third kappa shape index (κ3) is 4.63. The molecule has 0 aromatic heterocycles. The molecule has 0 unspecified atom stereocenters. The summed E-state index contributed by atoms with van der Waals surface area (Å²) in [6.45, 7) is 3.80. The average Bonchev–Trinajstić information content (AvgIpc) is 2.37. The maximum absolute atomic E-state index is 8.71. The first kappa shape index (κ1) is 13.8. The highest BCUT2D eigenvalue weighted by Gasteiger charge is 2.04. The lowest BCUT2D eigenvalue weighted by Gasteiger charge is -2.12. The molecule has 0 bridgehead atoms. The quantitative estimate of drug-likeness (QED) is 0.678. The largest absolute Gasteiger partial charge is 0.493 e. The van der Waals surface area contributed by atoms with Gasteiger partial charge in [0.2, 0.25) is 0 Å². The van der Waals surface area contributed by atoms with Gasteiger partial charge in [-0.25, -0.2) is 0 Å². The van der Waals surface area contributed by atoms with Gasteiger partial charge in [0.1, 0.15) is 11.5 Å². The second-order valence-corrected chi connectivity index (χ2v) is 3.75. The van der Waals surface area contributed by atoms with Crippen molar-refractivity contribution >= 4 is 0 Å². The van der Waals surface area contributed by atoms with E-state index in [0.29, 0.717) is 26.2 Å². The minimum absolute atomic E-state index is 0.129. The Labute approximate surface area is 102 Å². The van der Waals surface area contributed by atoms with E-state index in [2.05, 4.69) is 6.92 Å². The zero-order chi connectivity index (χ0) is 12.5. The van der Waals surface area contributed by atoms with Gasteiger partial charge in [-0.15, -0.1) is 0 Å². The molecule has 0 saturated heterocycles. The molecule has 0 heterocycles. The molecule has 0 atom stereocenters. The van der Waals surface area contributed by atoms with E-state index in [4.69, 9.17) is 20.3 Å². The zero-order valence-electron chi connectivity index (χ0n) is 10.3. The van der Waals surface area contributed by atoms with E-state index in [1.54, 1.807) is 0 Å². The summed E-state index contributed by atoms with van der Waals surface area (Å²) in [5.74, 6) is 1.54. The van der Waals surface area contributed by atoms with E-state index in [1.165, 1.54) is 0 Å². The van der Waals surface area contributed by atoms with E-state index in [9.17, 15) is 0 Å². The van der Waals surface area contributed by atoms with Crippen LogP contribution < -0.4 is 15.2 Å². The van der Waals surface area contributed by atoms with Crippen LogP contribution in [0.25, 0.3) is 0 Å². The van der Waals surface area contributed by atoms with Gasteiger partial charge in [0.25, 0.3) is 0 Å². The number of ether oxygens (including phenoxy) is 2. The van der Waals surface area contributed by atoms with E-state index in [-0.39, 0.29) is 6.61 Å². The molecule has 0 aliphatic heterocycles. The van der Waals surface area contributed by atoms with Crippen LogP contribution in [0, 0.1) is 0 Å². The van der Waals surface area contributed by atoms with Gasteiger partial charge in [-0.1, -0.05) is 13.0 Å². The number of aliphatic hydroxyl groups excluding tert-OH is 1. The molecule has 1 aromatic rings. The smallest absolute Gasteiger partial charge is 0.127 e. The third-order valence-corrected chi connectivity index (χ3v) is 2.29. The molecule has 3 N–H and O–H groups in total. The van der Waals surface area contributed by atoms with Crippen molar-refractivity contribution in [2.45, 2.75) is 26.3 Å². The molecular weight excluding hydrogens is 218 g/mol. The van der Waals surface area contributed by atoms with Crippen molar-refractivity contribution in [3.05, 3.63) is 23.8 Å². The van der Waals surface area contributed by atoms with Crippen molar-refractivity contribution in [2.24, 2.45) is 5.73 Å². The minimum Gasteiger partial charge on any atom is -0.493 e. The van der Waals surface area contributed by atoms with E-state index < -0.39 is 0 Å². The molecule has 0 amide bonds. The molecule has 0 aliphatic carbocycles. The zero-order valence-corrected chi connectivity index (χ0v) is 10.3. The van der Waals surface area contributed by atoms with Gasteiger partial charge in [0.15, 0.2) is 0 Å². The van der Waals surface area contributed by atoms with Crippen LogP contribution in [0.2, 0.25) is 0 Å². The number of hydrogen-bond acceptors (Lipinski definition) is 4.